The molecule has 2 unspecified atom stereocenters. The van der Waals surface area contributed by atoms with Gasteiger partial charge in [-0.05, 0) is 29.7 Å². The van der Waals surface area contributed by atoms with E-state index in [1.807, 2.05) is 85.8 Å². The summed E-state index contributed by atoms with van der Waals surface area (Å²) in [4.78, 5) is 12.6. The lowest BCUT2D eigenvalue weighted by Crippen LogP contribution is -2.31. The van der Waals surface area contributed by atoms with Crippen molar-refractivity contribution in [2.75, 3.05) is 6.16 Å². The summed E-state index contributed by atoms with van der Waals surface area (Å²) in [6.07, 6.45) is 0.329. The third-order valence-electron chi connectivity index (χ3n) is 4.51. The zero-order chi connectivity index (χ0) is 21.2. The smallest absolute Gasteiger partial charge is 0.408 e. The van der Waals surface area contributed by atoms with Crippen molar-refractivity contribution in [1.82, 2.24) is 5.32 Å². The van der Waals surface area contributed by atoms with E-state index in [4.69, 9.17) is 9.26 Å². The van der Waals surface area contributed by atoms with Crippen LogP contribution in [0.3, 0.4) is 0 Å². The molecule has 0 heterocycles. The Labute approximate surface area is 177 Å². The highest BCUT2D eigenvalue weighted by molar-refractivity contribution is 7.59. The molecule has 1 amide bonds. The maximum atomic E-state index is 14.0. The Morgan fingerprint density at radius 2 is 1.47 bits per heavy atom. The van der Waals surface area contributed by atoms with Crippen LogP contribution in [-0.2, 0) is 15.9 Å². The van der Waals surface area contributed by atoms with Crippen LogP contribution < -0.4 is 9.84 Å². The van der Waals surface area contributed by atoms with Gasteiger partial charge in [0.25, 0.3) is 7.37 Å². The molecule has 1 N–H and O–H groups in total. The van der Waals surface area contributed by atoms with Crippen LogP contribution in [0.15, 0.2) is 91.0 Å². The van der Waals surface area contributed by atoms with Crippen LogP contribution in [0.4, 0.5) is 4.79 Å². The van der Waals surface area contributed by atoms with E-state index in [9.17, 15) is 9.36 Å². The van der Waals surface area contributed by atoms with Crippen LogP contribution in [0.5, 0.6) is 5.75 Å². The molecule has 0 spiro atoms. The number of carbonyl (C=O) groups excluding carboxylic acids is 1. The highest BCUT2D eigenvalue weighted by atomic mass is 31.2. The first-order valence-corrected chi connectivity index (χ1v) is 11.8. The van der Waals surface area contributed by atoms with Crippen molar-refractivity contribution in [1.29, 1.82) is 0 Å². The van der Waals surface area contributed by atoms with Crippen LogP contribution in [0.2, 0.25) is 0 Å². The average molecular weight is 423 g/mol. The first-order valence-electron chi connectivity index (χ1n) is 9.96. The fourth-order valence-corrected chi connectivity index (χ4v) is 5.60. The average Bonchev–Trinajstić information content (AvgIpc) is 2.78. The number of hydrogen-bond acceptors (Lipinski definition) is 4. The van der Waals surface area contributed by atoms with Crippen molar-refractivity contribution >= 4 is 13.5 Å². The van der Waals surface area contributed by atoms with E-state index < -0.39 is 19.2 Å². The van der Waals surface area contributed by atoms with Gasteiger partial charge in [0.15, 0.2) is 0 Å². The largest absolute Gasteiger partial charge is 0.445 e. The minimum atomic E-state index is -3.33. The molecule has 5 nitrogen and oxygen atoms in total. The van der Waals surface area contributed by atoms with E-state index in [1.165, 1.54) is 0 Å². The lowest BCUT2D eigenvalue weighted by atomic mass is 10.2. The highest BCUT2D eigenvalue weighted by Gasteiger charge is 2.37. The molecule has 0 aromatic heterocycles. The lowest BCUT2D eigenvalue weighted by molar-refractivity contribution is 0.138. The monoisotopic (exact) mass is 423 g/mol. The summed E-state index contributed by atoms with van der Waals surface area (Å²) in [5.74, 6) is -0.309. The van der Waals surface area contributed by atoms with Gasteiger partial charge in [0.05, 0.1) is 0 Å². The molecule has 0 saturated heterocycles. The normalized spacial score (nSPS) is 13.6. The van der Waals surface area contributed by atoms with Crippen LogP contribution in [0.25, 0.3) is 0 Å². The third-order valence-corrected chi connectivity index (χ3v) is 7.32. The Bertz CT molecular complexity index is 964. The summed E-state index contributed by atoms with van der Waals surface area (Å²) in [7, 11) is -3.33. The van der Waals surface area contributed by atoms with E-state index in [0.717, 1.165) is 5.56 Å². The predicted molar refractivity (Wildman–Crippen MR) is 119 cm³/mol. The second kappa shape index (κ2) is 10.7. The van der Waals surface area contributed by atoms with E-state index in [2.05, 4.69) is 5.32 Å². The Kier molecular flexibility index (Phi) is 7.69. The summed E-state index contributed by atoms with van der Waals surface area (Å²) in [5.41, 5.74) is 1.59. The lowest BCUT2D eigenvalue weighted by Gasteiger charge is -2.28. The Morgan fingerprint density at radius 3 is 2.07 bits per heavy atom. The van der Waals surface area contributed by atoms with Gasteiger partial charge < -0.3 is 14.6 Å². The summed E-state index contributed by atoms with van der Waals surface area (Å²) in [5, 5.41) is 2.80. The summed E-state index contributed by atoms with van der Waals surface area (Å²) < 4.78 is 25.4. The third kappa shape index (κ3) is 5.98. The van der Waals surface area contributed by atoms with Crippen molar-refractivity contribution in [3.8, 4) is 5.75 Å². The molecule has 0 aliphatic heterocycles. The Balaban J connectivity index is 1.83. The molecular formula is C24H26NO4P. The number of carbonyl (C=O) groups is 1. The maximum Gasteiger partial charge on any atom is 0.408 e. The van der Waals surface area contributed by atoms with Gasteiger partial charge in [0.2, 0.25) is 0 Å². The molecule has 0 saturated carbocycles. The maximum absolute atomic E-state index is 14.0. The Hall–Kier alpha value is -3.04. The highest BCUT2D eigenvalue weighted by Crippen LogP contribution is 2.58. The summed E-state index contributed by atoms with van der Waals surface area (Å²) >= 11 is 0. The molecule has 0 aliphatic carbocycles. The number of nitrogens with one attached hydrogen (secondary N) is 1. The standard InChI is InChI=1S/C24H26NO4P/c1-2-18-30(27,29-22-16-10-5-11-17-22)23(21-14-8-4-9-15-21)25-24(26)28-19-20-12-6-3-7-13-20/h3-17,23H,2,18-19H2,1H3,(H,25,26). The van der Waals surface area contributed by atoms with Crippen LogP contribution in [-0.4, -0.2) is 12.3 Å². The van der Waals surface area contributed by atoms with Crippen LogP contribution in [0, 0.1) is 0 Å². The topological polar surface area (TPSA) is 64.6 Å². The van der Waals surface area contributed by atoms with E-state index in [0.29, 0.717) is 23.9 Å². The fourth-order valence-electron chi connectivity index (χ4n) is 3.12. The SMILES string of the molecule is CCCP(=O)(Oc1ccccc1)C(NC(=O)OCc1ccccc1)c1ccccc1. The minimum Gasteiger partial charge on any atom is -0.445 e. The summed E-state index contributed by atoms with van der Waals surface area (Å²) in [6.45, 7) is 2.07. The Morgan fingerprint density at radius 1 is 0.900 bits per heavy atom. The second-order valence-corrected chi connectivity index (χ2v) is 9.47. The molecule has 30 heavy (non-hydrogen) atoms. The molecule has 0 bridgehead atoms. The number of para-hydroxylation sites is 1. The van der Waals surface area contributed by atoms with Crippen molar-refractivity contribution in [2.45, 2.75) is 25.7 Å². The molecule has 0 aliphatic rings. The molecule has 3 rings (SSSR count). The second-order valence-electron chi connectivity index (χ2n) is 6.87. The zero-order valence-corrected chi connectivity index (χ0v) is 17.8. The number of ether oxygens (including phenoxy) is 1. The predicted octanol–water partition coefficient (Wildman–Crippen LogP) is 6.38. The van der Waals surface area contributed by atoms with Crippen LogP contribution in [0.1, 0.15) is 30.3 Å². The van der Waals surface area contributed by atoms with Crippen molar-refractivity contribution in [3.05, 3.63) is 102 Å². The quantitative estimate of drug-likeness (QED) is 0.406. The molecule has 156 valence electrons. The van der Waals surface area contributed by atoms with Gasteiger partial charge in [-0.1, -0.05) is 85.8 Å². The van der Waals surface area contributed by atoms with E-state index in [-0.39, 0.29) is 6.61 Å². The molecule has 2 atom stereocenters. The molecule has 3 aromatic rings. The van der Waals surface area contributed by atoms with Gasteiger partial charge in [-0.3, -0.25) is 4.57 Å². The number of amides is 1. The molecule has 0 fully saturated rings. The molecule has 3 aromatic carbocycles. The van der Waals surface area contributed by atoms with Gasteiger partial charge in [0, 0.05) is 6.16 Å². The summed E-state index contributed by atoms with van der Waals surface area (Å²) in [6, 6.07) is 27.7. The fraction of sp³-hybridized carbons (Fsp3) is 0.208. The van der Waals surface area contributed by atoms with Crippen LogP contribution >= 0.6 is 7.37 Å². The van der Waals surface area contributed by atoms with Gasteiger partial charge in [-0.2, -0.15) is 0 Å². The van der Waals surface area contributed by atoms with E-state index in [1.54, 1.807) is 12.1 Å². The first-order chi connectivity index (χ1) is 14.6. The van der Waals surface area contributed by atoms with Crippen molar-refractivity contribution < 1.29 is 18.6 Å². The number of alkyl carbamates (subject to hydrolysis) is 1. The minimum absolute atomic E-state index is 0.131. The van der Waals surface area contributed by atoms with E-state index >= 15 is 0 Å². The molecular weight excluding hydrogens is 397 g/mol. The molecule has 6 heteroatoms. The van der Waals surface area contributed by atoms with Crippen molar-refractivity contribution in [2.24, 2.45) is 0 Å². The molecule has 0 radical (unpaired) electrons. The van der Waals surface area contributed by atoms with Gasteiger partial charge in [0.1, 0.15) is 18.1 Å². The zero-order valence-electron chi connectivity index (χ0n) is 16.9. The van der Waals surface area contributed by atoms with Crippen molar-refractivity contribution in [3.63, 3.8) is 0 Å². The van der Waals surface area contributed by atoms with Gasteiger partial charge in [-0.15, -0.1) is 0 Å². The first kappa shape index (κ1) is 21.7. The van der Waals surface area contributed by atoms with Gasteiger partial charge >= 0.3 is 6.09 Å². The van der Waals surface area contributed by atoms with Gasteiger partial charge in [-0.25, -0.2) is 4.79 Å². The number of benzene rings is 3. The number of hydrogen-bond donors (Lipinski definition) is 1. The number of rotatable bonds is 9.